The minimum absolute atomic E-state index is 1.07. The molecule has 0 amide bonds. The highest BCUT2D eigenvalue weighted by Crippen LogP contribution is 2.47. The van der Waals surface area contributed by atoms with Crippen molar-refractivity contribution in [3.63, 3.8) is 0 Å². The van der Waals surface area contributed by atoms with Crippen LogP contribution in [0.15, 0.2) is 33.4 Å². The Morgan fingerprint density at radius 2 is 2.45 bits per heavy atom. The summed E-state index contributed by atoms with van der Waals surface area (Å²) in [6, 6.07) is 0. The molecule has 0 fully saturated rings. The summed E-state index contributed by atoms with van der Waals surface area (Å²) in [6.45, 7) is 0. The summed E-state index contributed by atoms with van der Waals surface area (Å²) >= 11 is 1.80. The van der Waals surface area contributed by atoms with Gasteiger partial charge in [0, 0.05) is 16.7 Å². The van der Waals surface area contributed by atoms with Crippen molar-refractivity contribution in [3.05, 3.63) is 33.4 Å². The van der Waals surface area contributed by atoms with Crippen LogP contribution in [0.1, 0.15) is 12.8 Å². The summed E-state index contributed by atoms with van der Waals surface area (Å²) in [6.07, 6.45) is 4.29. The normalized spacial score (nSPS) is 25.5. The molecule has 1 N–H and O–H groups in total. The van der Waals surface area contributed by atoms with Crippen molar-refractivity contribution >= 4 is 11.8 Å². The summed E-state index contributed by atoms with van der Waals surface area (Å²) < 4.78 is 0. The zero-order valence-corrected chi connectivity index (χ0v) is 6.70. The Kier molecular flexibility index (Phi) is 0.973. The number of hydrogen-bond donors (Lipinski definition) is 1. The first kappa shape index (κ1) is 5.77. The molecule has 0 unspecified atom stereocenters. The van der Waals surface area contributed by atoms with Crippen molar-refractivity contribution in [1.29, 1.82) is 0 Å². The van der Waals surface area contributed by atoms with Gasteiger partial charge in [-0.2, -0.15) is 0 Å². The fourth-order valence-corrected chi connectivity index (χ4v) is 2.59. The van der Waals surface area contributed by atoms with E-state index >= 15 is 0 Å². The van der Waals surface area contributed by atoms with Gasteiger partial charge >= 0.3 is 0 Å². The highest BCUT2D eigenvalue weighted by atomic mass is 32.2. The van der Waals surface area contributed by atoms with Crippen molar-refractivity contribution < 1.29 is 4.84 Å². The van der Waals surface area contributed by atoms with Gasteiger partial charge in [0.05, 0.1) is 0 Å². The number of rotatable bonds is 0. The third kappa shape index (κ3) is 0.639. The molecule has 3 heteroatoms. The average Bonchev–Trinajstić information content (AvgIpc) is 2.55. The second-order valence-electron chi connectivity index (χ2n) is 2.79. The molecule has 3 heterocycles. The van der Waals surface area contributed by atoms with Crippen LogP contribution in [0.3, 0.4) is 0 Å². The molecular weight excluding hydrogens is 158 g/mol. The highest BCUT2D eigenvalue weighted by Gasteiger charge is 2.30. The number of allylic oxidation sites excluding steroid dienone is 2. The minimum Gasteiger partial charge on any atom is -0.381 e. The third-order valence-electron chi connectivity index (χ3n) is 2.17. The topological polar surface area (TPSA) is 21.3 Å². The van der Waals surface area contributed by atoms with Crippen LogP contribution in [0, 0.1) is 0 Å². The quantitative estimate of drug-likeness (QED) is 0.593. The molecule has 0 saturated heterocycles. The van der Waals surface area contributed by atoms with Crippen molar-refractivity contribution in [3.8, 4) is 0 Å². The summed E-state index contributed by atoms with van der Waals surface area (Å²) in [5.41, 5.74) is 5.48. The maximum Gasteiger partial charge on any atom is 0.173 e. The maximum atomic E-state index is 5.27. The molecule has 1 aliphatic carbocycles. The summed E-state index contributed by atoms with van der Waals surface area (Å²) in [5, 5.41) is 2.23. The summed E-state index contributed by atoms with van der Waals surface area (Å²) in [5.74, 6) is 1.07. The first-order valence-corrected chi connectivity index (χ1v) is 4.55. The lowest BCUT2D eigenvalue weighted by Gasteiger charge is -2.23. The van der Waals surface area contributed by atoms with Crippen molar-refractivity contribution in [2.75, 3.05) is 0 Å². The second kappa shape index (κ2) is 1.85. The number of thioether (sulfide) groups is 1. The molecule has 0 aromatic carbocycles. The molecule has 0 radical (unpaired) electrons. The smallest absolute Gasteiger partial charge is 0.173 e. The molecule has 0 aromatic heterocycles. The lowest BCUT2D eigenvalue weighted by atomic mass is 9.96. The Hall–Kier alpha value is -0.830. The molecule has 0 aromatic rings. The molecule has 3 aliphatic heterocycles. The van der Waals surface area contributed by atoms with Crippen molar-refractivity contribution in [2.24, 2.45) is 0 Å². The first-order valence-electron chi connectivity index (χ1n) is 3.67. The Morgan fingerprint density at radius 3 is 3.18 bits per heavy atom. The van der Waals surface area contributed by atoms with Gasteiger partial charge < -0.3 is 4.84 Å². The van der Waals surface area contributed by atoms with Crippen LogP contribution in [0.4, 0.5) is 0 Å². The van der Waals surface area contributed by atoms with Gasteiger partial charge in [0.25, 0.3) is 0 Å². The average molecular weight is 165 g/mol. The Bertz CT molecular complexity index is 314. The fourth-order valence-electron chi connectivity index (χ4n) is 1.59. The Balaban J connectivity index is 2.24. The van der Waals surface area contributed by atoms with E-state index in [4.69, 9.17) is 4.84 Å². The van der Waals surface area contributed by atoms with E-state index in [-0.39, 0.29) is 0 Å². The van der Waals surface area contributed by atoms with Crippen LogP contribution in [0.2, 0.25) is 0 Å². The van der Waals surface area contributed by atoms with E-state index in [2.05, 4.69) is 10.9 Å². The summed E-state index contributed by atoms with van der Waals surface area (Å²) in [4.78, 5) is 6.64. The van der Waals surface area contributed by atoms with E-state index < -0.39 is 0 Å². The highest BCUT2D eigenvalue weighted by molar-refractivity contribution is 8.06. The SMILES string of the molecule is C1=C2CCC(=C3ONC=C23)S1. The van der Waals surface area contributed by atoms with E-state index in [1.165, 1.54) is 22.5 Å². The van der Waals surface area contributed by atoms with Gasteiger partial charge in [-0.1, -0.05) is 11.8 Å². The number of hydrogen-bond acceptors (Lipinski definition) is 3. The predicted octanol–water partition coefficient (Wildman–Crippen LogP) is 2.04. The van der Waals surface area contributed by atoms with E-state index in [0.29, 0.717) is 0 Å². The van der Waals surface area contributed by atoms with Crippen LogP contribution in [0.5, 0.6) is 0 Å². The second-order valence-corrected chi connectivity index (χ2v) is 3.76. The first-order chi connectivity index (χ1) is 5.45. The standard InChI is InChI=1S/C8H7NOS/c1-2-7-8-6(3-9-10-8)5(1)4-11-7/h3-4,9H,1-2H2. The minimum atomic E-state index is 1.07. The fraction of sp³-hybridized carbons (Fsp3) is 0.250. The number of hydroxylamine groups is 1. The Morgan fingerprint density at radius 1 is 1.45 bits per heavy atom. The van der Waals surface area contributed by atoms with Gasteiger partial charge in [0.15, 0.2) is 5.76 Å². The van der Waals surface area contributed by atoms with Gasteiger partial charge in [0.2, 0.25) is 0 Å². The van der Waals surface area contributed by atoms with Gasteiger partial charge in [-0.25, -0.2) is 5.48 Å². The molecule has 0 spiro atoms. The predicted molar refractivity (Wildman–Crippen MR) is 44.2 cm³/mol. The molecule has 2 nitrogen and oxygen atoms in total. The zero-order valence-electron chi connectivity index (χ0n) is 5.89. The number of nitrogens with one attached hydrogen (secondary N) is 1. The van der Waals surface area contributed by atoms with Crippen molar-refractivity contribution in [1.82, 2.24) is 5.48 Å². The monoisotopic (exact) mass is 165 g/mol. The largest absolute Gasteiger partial charge is 0.381 e. The van der Waals surface area contributed by atoms with E-state index in [0.717, 1.165) is 12.2 Å². The zero-order chi connectivity index (χ0) is 7.26. The number of fused-ring (bicyclic) bond motifs is 2. The van der Waals surface area contributed by atoms with Crippen LogP contribution < -0.4 is 5.48 Å². The molecule has 56 valence electrons. The molecule has 4 aliphatic rings. The van der Waals surface area contributed by atoms with Crippen LogP contribution in [0.25, 0.3) is 0 Å². The maximum absolute atomic E-state index is 5.27. The molecule has 11 heavy (non-hydrogen) atoms. The van der Waals surface area contributed by atoms with Crippen LogP contribution in [-0.2, 0) is 4.84 Å². The van der Waals surface area contributed by atoms with E-state index in [9.17, 15) is 0 Å². The van der Waals surface area contributed by atoms with E-state index in [1.807, 2.05) is 6.20 Å². The van der Waals surface area contributed by atoms with Crippen LogP contribution >= 0.6 is 11.8 Å². The van der Waals surface area contributed by atoms with Crippen molar-refractivity contribution in [2.45, 2.75) is 12.8 Å². The lowest BCUT2D eigenvalue weighted by Crippen LogP contribution is -2.07. The molecular formula is C8H7NOS. The van der Waals surface area contributed by atoms with Gasteiger partial charge in [-0.15, -0.1) is 0 Å². The van der Waals surface area contributed by atoms with Gasteiger partial charge in [-0.3, -0.25) is 0 Å². The van der Waals surface area contributed by atoms with E-state index in [1.54, 1.807) is 11.8 Å². The molecule has 2 bridgehead atoms. The molecule has 0 saturated carbocycles. The van der Waals surface area contributed by atoms with Gasteiger partial charge in [-0.05, 0) is 23.8 Å². The molecule has 0 atom stereocenters. The third-order valence-corrected chi connectivity index (χ3v) is 3.25. The van der Waals surface area contributed by atoms with Gasteiger partial charge in [0.1, 0.15) is 0 Å². The Labute approximate surface area is 68.9 Å². The molecule has 4 rings (SSSR count). The summed E-state index contributed by atoms with van der Waals surface area (Å²) in [7, 11) is 0. The lowest BCUT2D eigenvalue weighted by molar-refractivity contribution is 0.167. The van der Waals surface area contributed by atoms with Crippen LogP contribution in [-0.4, -0.2) is 0 Å².